The molecule has 0 unspecified atom stereocenters. The molecule has 118 valence electrons. The first kappa shape index (κ1) is 16.6. The topological polar surface area (TPSA) is 63.2 Å². The Balaban J connectivity index is 1.88. The van der Waals surface area contributed by atoms with E-state index in [1.165, 1.54) is 0 Å². The number of amides is 1. The van der Waals surface area contributed by atoms with Gasteiger partial charge in [-0.1, -0.05) is 12.1 Å². The van der Waals surface area contributed by atoms with Crippen LogP contribution in [0.5, 0.6) is 0 Å². The molecule has 6 heteroatoms. The van der Waals surface area contributed by atoms with Gasteiger partial charge in [-0.15, -0.1) is 11.3 Å². The molecule has 0 saturated carbocycles. The summed E-state index contributed by atoms with van der Waals surface area (Å²) in [4.78, 5) is 16.6. The Hall–Kier alpha value is -1.76. The molecular formula is C16H21N3O2S. The summed E-state index contributed by atoms with van der Waals surface area (Å²) < 4.78 is 4.94. The van der Waals surface area contributed by atoms with Crippen molar-refractivity contribution in [1.29, 1.82) is 0 Å². The van der Waals surface area contributed by atoms with Crippen molar-refractivity contribution in [2.24, 2.45) is 0 Å². The van der Waals surface area contributed by atoms with Gasteiger partial charge in [0.05, 0.1) is 6.61 Å². The third-order valence-electron chi connectivity index (χ3n) is 3.06. The van der Waals surface area contributed by atoms with Gasteiger partial charge in [0.1, 0.15) is 5.01 Å². The van der Waals surface area contributed by atoms with Gasteiger partial charge in [0.25, 0.3) is 5.91 Å². The van der Waals surface area contributed by atoms with Gasteiger partial charge in [-0.25, -0.2) is 4.98 Å². The zero-order valence-corrected chi connectivity index (χ0v) is 13.7. The van der Waals surface area contributed by atoms with Crippen molar-refractivity contribution in [2.45, 2.75) is 6.92 Å². The number of benzene rings is 1. The van der Waals surface area contributed by atoms with Crippen LogP contribution in [0.4, 0.5) is 0 Å². The van der Waals surface area contributed by atoms with E-state index in [-0.39, 0.29) is 5.91 Å². The molecule has 5 nitrogen and oxygen atoms in total. The van der Waals surface area contributed by atoms with Crippen LogP contribution in [0.2, 0.25) is 0 Å². The first-order valence-electron chi connectivity index (χ1n) is 7.21. The molecule has 1 aromatic heterocycles. The van der Waals surface area contributed by atoms with Crippen LogP contribution < -0.4 is 10.6 Å². The number of nitrogens with zero attached hydrogens (tertiary/aromatic N) is 1. The summed E-state index contributed by atoms with van der Waals surface area (Å²) in [6.45, 7) is 4.73. The average molecular weight is 319 g/mol. The van der Waals surface area contributed by atoms with E-state index in [4.69, 9.17) is 4.74 Å². The van der Waals surface area contributed by atoms with Gasteiger partial charge in [0.2, 0.25) is 0 Å². The molecule has 0 aliphatic rings. The van der Waals surface area contributed by atoms with Crippen molar-refractivity contribution in [3.63, 3.8) is 0 Å². The molecule has 0 atom stereocenters. The van der Waals surface area contributed by atoms with Gasteiger partial charge >= 0.3 is 0 Å². The largest absolute Gasteiger partial charge is 0.383 e. The number of hydrogen-bond acceptors (Lipinski definition) is 5. The summed E-state index contributed by atoms with van der Waals surface area (Å²) in [5.41, 5.74) is 2.63. The van der Waals surface area contributed by atoms with Crippen LogP contribution in [0, 0.1) is 6.92 Å². The molecule has 2 N–H and O–H groups in total. The number of methoxy groups -OCH3 is 1. The summed E-state index contributed by atoms with van der Waals surface area (Å²) in [6, 6.07) is 7.56. The Kier molecular flexibility index (Phi) is 6.51. The molecule has 0 bridgehead atoms. The van der Waals surface area contributed by atoms with Gasteiger partial charge < -0.3 is 15.4 Å². The number of aryl methyl sites for hydroxylation is 1. The maximum atomic E-state index is 12.1. The zero-order chi connectivity index (χ0) is 15.8. The van der Waals surface area contributed by atoms with E-state index in [1.54, 1.807) is 18.4 Å². The van der Waals surface area contributed by atoms with Crippen LogP contribution in [0.1, 0.15) is 16.1 Å². The third-order valence-corrected chi connectivity index (χ3v) is 4.07. The van der Waals surface area contributed by atoms with Crippen LogP contribution in [-0.4, -0.2) is 44.2 Å². The lowest BCUT2D eigenvalue weighted by Gasteiger charge is -2.07. The summed E-state index contributed by atoms with van der Waals surface area (Å²) in [5.74, 6) is -0.0660. The monoisotopic (exact) mass is 319 g/mol. The number of carbonyl (C=O) groups is 1. The molecule has 22 heavy (non-hydrogen) atoms. The fourth-order valence-corrected chi connectivity index (χ4v) is 2.74. The van der Waals surface area contributed by atoms with E-state index in [0.717, 1.165) is 29.4 Å². The lowest BCUT2D eigenvalue weighted by atomic mass is 10.1. The maximum absolute atomic E-state index is 12.1. The molecule has 1 heterocycles. The highest BCUT2D eigenvalue weighted by Gasteiger charge is 2.08. The Bertz CT molecular complexity index is 613. The third kappa shape index (κ3) is 4.91. The zero-order valence-electron chi connectivity index (χ0n) is 12.9. The normalized spacial score (nSPS) is 10.6. The van der Waals surface area contributed by atoms with Crippen LogP contribution in [-0.2, 0) is 4.74 Å². The standard InChI is InChI=1S/C16H21N3O2S/c1-12-11-22-16(19-12)14-5-3-4-13(10-14)15(20)18-7-6-17-8-9-21-2/h3-5,10-11,17H,6-9H2,1-2H3,(H,18,20). The summed E-state index contributed by atoms with van der Waals surface area (Å²) in [6.07, 6.45) is 0. The highest BCUT2D eigenvalue weighted by Crippen LogP contribution is 2.24. The molecule has 0 aliphatic carbocycles. The van der Waals surface area contributed by atoms with Crippen LogP contribution in [0.25, 0.3) is 10.6 Å². The minimum atomic E-state index is -0.0660. The second-order valence-electron chi connectivity index (χ2n) is 4.87. The van der Waals surface area contributed by atoms with Crippen molar-refractivity contribution in [2.75, 3.05) is 33.4 Å². The molecule has 1 aromatic carbocycles. The Morgan fingerprint density at radius 3 is 2.91 bits per heavy atom. The van der Waals surface area contributed by atoms with Crippen LogP contribution in [0.15, 0.2) is 29.6 Å². The van der Waals surface area contributed by atoms with Gasteiger partial charge in [-0.05, 0) is 19.1 Å². The van der Waals surface area contributed by atoms with E-state index < -0.39 is 0 Å². The molecule has 1 amide bonds. The van der Waals surface area contributed by atoms with Crippen LogP contribution in [0.3, 0.4) is 0 Å². The van der Waals surface area contributed by atoms with Crippen molar-refractivity contribution >= 4 is 17.2 Å². The summed E-state index contributed by atoms with van der Waals surface area (Å²) in [7, 11) is 1.67. The first-order chi connectivity index (χ1) is 10.7. The number of aromatic nitrogens is 1. The SMILES string of the molecule is COCCNCCNC(=O)c1cccc(-c2nc(C)cs2)c1. The maximum Gasteiger partial charge on any atom is 0.251 e. The molecule has 2 aromatic rings. The molecule has 2 rings (SSSR count). The van der Waals surface area contributed by atoms with Crippen molar-refractivity contribution < 1.29 is 9.53 Å². The first-order valence-corrected chi connectivity index (χ1v) is 8.09. The average Bonchev–Trinajstić information content (AvgIpc) is 2.97. The molecule has 0 aliphatic heterocycles. The summed E-state index contributed by atoms with van der Waals surface area (Å²) in [5, 5.41) is 9.03. The molecule has 0 saturated heterocycles. The minimum Gasteiger partial charge on any atom is -0.383 e. The lowest BCUT2D eigenvalue weighted by Crippen LogP contribution is -2.33. The van der Waals surface area contributed by atoms with E-state index in [9.17, 15) is 4.79 Å². The lowest BCUT2D eigenvalue weighted by molar-refractivity contribution is 0.0953. The number of ether oxygens (including phenoxy) is 1. The van der Waals surface area contributed by atoms with Gasteiger partial charge in [-0.3, -0.25) is 4.79 Å². The fourth-order valence-electron chi connectivity index (χ4n) is 1.95. The second-order valence-corrected chi connectivity index (χ2v) is 5.73. The molecule has 0 radical (unpaired) electrons. The molecular weight excluding hydrogens is 298 g/mol. The fraction of sp³-hybridized carbons (Fsp3) is 0.375. The highest BCUT2D eigenvalue weighted by molar-refractivity contribution is 7.13. The summed E-state index contributed by atoms with van der Waals surface area (Å²) >= 11 is 1.59. The number of nitrogens with one attached hydrogen (secondary N) is 2. The van der Waals surface area contributed by atoms with E-state index in [1.807, 2.05) is 36.6 Å². The minimum absolute atomic E-state index is 0.0660. The van der Waals surface area contributed by atoms with Crippen molar-refractivity contribution in [3.8, 4) is 10.6 Å². The number of carbonyl (C=O) groups excluding carboxylic acids is 1. The number of rotatable bonds is 8. The van der Waals surface area contributed by atoms with Crippen molar-refractivity contribution in [1.82, 2.24) is 15.6 Å². The van der Waals surface area contributed by atoms with Gasteiger partial charge in [0, 0.05) is 48.9 Å². The predicted molar refractivity (Wildman–Crippen MR) is 89.4 cm³/mol. The predicted octanol–water partition coefficient (Wildman–Crippen LogP) is 2.08. The van der Waals surface area contributed by atoms with E-state index in [0.29, 0.717) is 18.7 Å². The molecule has 0 fully saturated rings. The smallest absolute Gasteiger partial charge is 0.251 e. The number of hydrogen-bond donors (Lipinski definition) is 2. The van der Waals surface area contributed by atoms with Crippen LogP contribution >= 0.6 is 11.3 Å². The Labute approximate surface area is 134 Å². The number of thiazole rings is 1. The van der Waals surface area contributed by atoms with E-state index in [2.05, 4.69) is 15.6 Å². The Morgan fingerprint density at radius 1 is 1.32 bits per heavy atom. The second kappa shape index (κ2) is 8.63. The Morgan fingerprint density at radius 2 is 2.18 bits per heavy atom. The van der Waals surface area contributed by atoms with E-state index >= 15 is 0 Å². The van der Waals surface area contributed by atoms with Gasteiger partial charge in [0.15, 0.2) is 0 Å². The van der Waals surface area contributed by atoms with Crippen molar-refractivity contribution in [3.05, 3.63) is 40.9 Å². The molecule has 0 spiro atoms. The highest BCUT2D eigenvalue weighted by atomic mass is 32.1. The quantitative estimate of drug-likeness (QED) is 0.731. The van der Waals surface area contributed by atoms with Gasteiger partial charge in [-0.2, -0.15) is 0 Å².